The Morgan fingerprint density at radius 1 is 0.900 bits per heavy atom. The molecule has 0 saturated carbocycles. The SMILES string of the molecule is Clc1ccc(-c2nc(Cl)c3cc(Br)cc(Br)c3n2)cc1. The van der Waals surface area contributed by atoms with Crippen molar-refractivity contribution < 1.29 is 0 Å². The van der Waals surface area contributed by atoms with Gasteiger partial charge in [-0.2, -0.15) is 0 Å². The van der Waals surface area contributed by atoms with E-state index in [0.29, 0.717) is 16.0 Å². The maximum absolute atomic E-state index is 6.27. The Kier molecular flexibility index (Phi) is 4.00. The molecular formula is C14H6Br2Cl2N2. The second-order valence-corrected chi connectivity index (χ2v) is 6.69. The highest BCUT2D eigenvalue weighted by molar-refractivity contribution is 9.11. The number of aromatic nitrogens is 2. The molecule has 0 aliphatic carbocycles. The van der Waals surface area contributed by atoms with Crippen LogP contribution in [0.4, 0.5) is 0 Å². The fourth-order valence-corrected chi connectivity index (χ4v) is 3.51. The lowest BCUT2D eigenvalue weighted by atomic mass is 10.2. The molecule has 20 heavy (non-hydrogen) atoms. The molecule has 1 aromatic heterocycles. The molecule has 0 radical (unpaired) electrons. The van der Waals surface area contributed by atoms with Crippen LogP contribution in [0.2, 0.25) is 10.2 Å². The first kappa shape index (κ1) is 14.3. The molecule has 100 valence electrons. The molecule has 2 aromatic carbocycles. The van der Waals surface area contributed by atoms with Crippen molar-refractivity contribution in [1.29, 1.82) is 0 Å². The monoisotopic (exact) mass is 430 g/mol. The molecule has 0 fully saturated rings. The van der Waals surface area contributed by atoms with Crippen LogP contribution in [0.5, 0.6) is 0 Å². The third-order valence-electron chi connectivity index (χ3n) is 2.77. The first-order valence-electron chi connectivity index (χ1n) is 5.63. The average Bonchev–Trinajstić information content (AvgIpc) is 2.40. The van der Waals surface area contributed by atoms with E-state index in [-0.39, 0.29) is 0 Å². The second-order valence-electron chi connectivity index (χ2n) is 4.13. The second kappa shape index (κ2) is 5.60. The molecular weight excluding hydrogens is 427 g/mol. The predicted octanol–water partition coefficient (Wildman–Crippen LogP) is 6.13. The number of rotatable bonds is 1. The highest BCUT2D eigenvalue weighted by Crippen LogP contribution is 2.32. The molecule has 0 bridgehead atoms. The minimum absolute atomic E-state index is 0.418. The normalized spacial score (nSPS) is 11.0. The topological polar surface area (TPSA) is 25.8 Å². The van der Waals surface area contributed by atoms with Gasteiger partial charge in [0.15, 0.2) is 5.82 Å². The van der Waals surface area contributed by atoms with Crippen LogP contribution in [0.1, 0.15) is 0 Å². The lowest BCUT2D eigenvalue weighted by Gasteiger charge is -2.07. The van der Waals surface area contributed by atoms with Crippen molar-refractivity contribution in [3.8, 4) is 11.4 Å². The van der Waals surface area contributed by atoms with Crippen LogP contribution in [0.25, 0.3) is 22.3 Å². The highest BCUT2D eigenvalue weighted by Gasteiger charge is 2.11. The van der Waals surface area contributed by atoms with Gasteiger partial charge in [-0.25, -0.2) is 9.97 Å². The van der Waals surface area contributed by atoms with Gasteiger partial charge in [-0.3, -0.25) is 0 Å². The Morgan fingerprint density at radius 2 is 1.60 bits per heavy atom. The summed E-state index contributed by atoms with van der Waals surface area (Å²) in [5.74, 6) is 0.571. The lowest BCUT2D eigenvalue weighted by molar-refractivity contribution is 1.22. The molecule has 6 heteroatoms. The summed E-state index contributed by atoms with van der Waals surface area (Å²) < 4.78 is 1.78. The molecule has 0 aliphatic heterocycles. The summed E-state index contributed by atoms with van der Waals surface area (Å²) in [4.78, 5) is 8.92. The Bertz CT molecular complexity index is 804. The minimum atomic E-state index is 0.418. The van der Waals surface area contributed by atoms with Gasteiger partial charge in [-0.1, -0.05) is 39.1 Å². The van der Waals surface area contributed by atoms with Gasteiger partial charge in [-0.15, -0.1) is 0 Å². The fraction of sp³-hybridized carbons (Fsp3) is 0. The zero-order chi connectivity index (χ0) is 14.3. The van der Waals surface area contributed by atoms with Gasteiger partial charge in [0.2, 0.25) is 0 Å². The summed E-state index contributed by atoms with van der Waals surface area (Å²) in [5.41, 5.74) is 1.64. The van der Waals surface area contributed by atoms with E-state index < -0.39 is 0 Å². The van der Waals surface area contributed by atoms with E-state index in [4.69, 9.17) is 23.2 Å². The molecule has 1 heterocycles. The molecule has 0 N–H and O–H groups in total. The van der Waals surface area contributed by atoms with E-state index >= 15 is 0 Å². The van der Waals surface area contributed by atoms with Crippen molar-refractivity contribution in [3.05, 3.63) is 55.5 Å². The number of nitrogens with zero attached hydrogens (tertiary/aromatic N) is 2. The standard InChI is InChI=1S/C14H6Br2Cl2N2/c15-8-5-10-12(11(16)6-8)19-14(20-13(10)18)7-1-3-9(17)4-2-7/h1-6H. The molecule has 0 spiro atoms. The van der Waals surface area contributed by atoms with Gasteiger partial charge in [0.25, 0.3) is 0 Å². The van der Waals surface area contributed by atoms with Crippen LogP contribution in [0.3, 0.4) is 0 Å². The van der Waals surface area contributed by atoms with E-state index in [0.717, 1.165) is 25.4 Å². The number of benzene rings is 2. The van der Waals surface area contributed by atoms with Crippen molar-refractivity contribution in [2.24, 2.45) is 0 Å². The van der Waals surface area contributed by atoms with Crippen molar-refractivity contribution in [2.75, 3.05) is 0 Å². The summed E-state index contributed by atoms with van der Waals surface area (Å²) in [5, 5.41) is 1.89. The predicted molar refractivity (Wildman–Crippen MR) is 90.4 cm³/mol. The van der Waals surface area contributed by atoms with Crippen molar-refractivity contribution >= 4 is 66.0 Å². The zero-order valence-corrected chi connectivity index (χ0v) is 14.6. The molecule has 2 nitrogen and oxygen atoms in total. The first-order chi connectivity index (χ1) is 9.54. The lowest BCUT2D eigenvalue weighted by Crippen LogP contribution is -1.92. The van der Waals surface area contributed by atoms with E-state index in [1.807, 2.05) is 24.3 Å². The Hall–Kier alpha value is -0.680. The summed E-state index contributed by atoms with van der Waals surface area (Å²) >= 11 is 19.1. The Balaban J connectivity index is 2.26. The molecule has 0 amide bonds. The van der Waals surface area contributed by atoms with Gasteiger partial charge >= 0.3 is 0 Å². The minimum Gasteiger partial charge on any atom is -0.227 e. The van der Waals surface area contributed by atoms with Crippen LogP contribution < -0.4 is 0 Å². The van der Waals surface area contributed by atoms with Gasteiger partial charge in [0.05, 0.1) is 5.52 Å². The Labute approximate surface area is 142 Å². The number of halogens is 4. The zero-order valence-electron chi connectivity index (χ0n) is 9.87. The van der Waals surface area contributed by atoms with Gasteiger partial charge in [0, 0.05) is 24.9 Å². The van der Waals surface area contributed by atoms with Crippen LogP contribution in [0.15, 0.2) is 45.3 Å². The quantitative estimate of drug-likeness (QED) is 0.432. The van der Waals surface area contributed by atoms with Crippen LogP contribution in [0, 0.1) is 0 Å². The van der Waals surface area contributed by atoms with Crippen molar-refractivity contribution in [2.45, 2.75) is 0 Å². The molecule has 0 unspecified atom stereocenters. The summed E-state index contributed by atoms with van der Waals surface area (Å²) in [6.07, 6.45) is 0. The maximum Gasteiger partial charge on any atom is 0.161 e. The molecule has 0 atom stereocenters. The van der Waals surface area contributed by atoms with Gasteiger partial charge in [0.1, 0.15) is 5.15 Å². The average molecular weight is 433 g/mol. The van der Waals surface area contributed by atoms with Gasteiger partial charge in [-0.05, 0) is 52.3 Å². The fourth-order valence-electron chi connectivity index (χ4n) is 1.85. The van der Waals surface area contributed by atoms with E-state index in [1.54, 1.807) is 12.1 Å². The van der Waals surface area contributed by atoms with Crippen LogP contribution >= 0.6 is 55.1 Å². The van der Waals surface area contributed by atoms with E-state index in [9.17, 15) is 0 Å². The van der Waals surface area contributed by atoms with Crippen molar-refractivity contribution in [3.63, 3.8) is 0 Å². The summed E-state index contributed by atoms with van der Waals surface area (Å²) in [6, 6.07) is 11.2. The highest BCUT2D eigenvalue weighted by atomic mass is 79.9. The third kappa shape index (κ3) is 2.70. The largest absolute Gasteiger partial charge is 0.227 e. The first-order valence-corrected chi connectivity index (χ1v) is 7.97. The maximum atomic E-state index is 6.27. The molecule has 0 aliphatic rings. The molecule has 3 rings (SSSR count). The van der Waals surface area contributed by atoms with Gasteiger partial charge < -0.3 is 0 Å². The van der Waals surface area contributed by atoms with Crippen molar-refractivity contribution in [1.82, 2.24) is 9.97 Å². The summed E-state index contributed by atoms with van der Waals surface area (Å²) in [7, 11) is 0. The smallest absolute Gasteiger partial charge is 0.161 e. The Morgan fingerprint density at radius 3 is 2.30 bits per heavy atom. The summed E-state index contributed by atoms with van der Waals surface area (Å²) in [6.45, 7) is 0. The van der Waals surface area contributed by atoms with Crippen LogP contribution in [-0.4, -0.2) is 9.97 Å². The molecule has 3 aromatic rings. The third-order valence-corrected chi connectivity index (χ3v) is 4.38. The van der Waals surface area contributed by atoms with E-state index in [2.05, 4.69) is 41.8 Å². The number of hydrogen-bond donors (Lipinski definition) is 0. The molecule has 0 saturated heterocycles. The number of fused-ring (bicyclic) bond motifs is 1. The number of hydrogen-bond acceptors (Lipinski definition) is 2. The van der Waals surface area contributed by atoms with E-state index in [1.165, 1.54) is 0 Å². The van der Waals surface area contributed by atoms with Crippen LogP contribution in [-0.2, 0) is 0 Å².